The second-order valence-corrected chi connectivity index (χ2v) is 10.8. The van der Waals surface area contributed by atoms with E-state index >= 15 is 0 Å². The Labute approximate surface area is 261 Å². The lowest BCUT2D eigenvalue weighted by Crippen LogP contribution is -2.48. The number of nitrogens with one attached hydrogen (secondary N) is 1. The summed E-state index contributed by atoms with van der Waals surface area (Å²) in [4.78, 5) is 28.9. The Balaban J connectivity index is 1.21. The van der Waals surface area contributed by atoms with Gasteiger partial charge in [0.2, 0.25) is 5.91 Å². The van der Waals surface area contributed by atoms with Crippen molar-refractivity contribution in [3.63, 3.8) is 0 Å². The van der Waals surface area contributed by atoms with Crippen LogP contribution in [0.4, 0.5) is 5.69 Å². The normalized spacial score (nSPS) is 11.6. The highest BCUT2D eigenvalue weighted by Crippen LogP contribution is 2.23. The summed E-state index contributed by atoms with van der Waals surface area (Å²) >= 11 is 0. The predicted octanol–water partition coefficient (Wildman–Crippen LogP) is 6.16. The number of likely N-dealkylation sites (N-methyl/N-ethyl adjacent to an activating group) is 1. The molecule has 8 heteroatoms. The Morgan fingerprint density at radius 2 is 1.60 bits per heavy atom. The highest BCUT2D eigenvalue weighted by Gasteiger charge is 2.26. The molecule has 0 spiro atoms. The van der Waals surface area contributed by atoms with E-state index in [1.54, 1.807) is 48.0 Å². The Morgan fingerprint density at radius 3 is 2.40 bits per heavy atom. The third-order valence-corrected chi connectivity index (χ3v) is 7.85. The van der Waals surface area contributed by atoms with Crippen molar-refractivity contribution in [2.75, 3.05) is 19.1 Å². The summed E-state index contributed by atoms with van der Waals surface area (Å²) in [6, 6.07) is 37.8. The van der Waals surface area contributed by atoms with Gasteiger partial charge in [0.25, 0.3) is 5.91 Å². The van der Waals surface area contributed by atoms with Gasteiger partial charge in [-0.25, -0.2) is 4.68 Å². The molecule has 0 saturated carbocycles. The van der Waals surface area contributed by atoms with E-state index in [9.17, 15) is 9.59 Å². The standard InChI is InChI=1S/C37H33N5O3/c1-41(31-18-20-32(45-2)21-19-31)37(44)34(22-26-10-4-3-5-11-26)38-36(43)29-15-9-14-28(23-29)35-25-42(40-39-35)24-30-16-8-13-27-12-6-7-17-33(27)30/h3-21,23,25,34H,22,24H2,1-2H3,(H,38,43)/t34-/m0/s1. The van der Waals surface area contributed by atoms with Crippen LogP contribution in [0, 0.1) is 0 Å². The number of methoxy groups -OCH3 is 1. The van der Waals surface area contributed by atoms with E-state index in [0.29, 0.717) is 35.7 Å². The van der Waals surface area contributed by atoms with Gasteiger partial charge in [-0.3, -0.25) is 9.59 Å². The number of hydrogen-bond acceptors (Lipinski definition) is 5. The summed E-state index contributed by atoms with van der Waals surface area (Å²) in [5.74, 6) is 0.115. The minimum absolute atomic E-state index is 0.232. The molecule has 0 aliphatic heterocycles. The van der Waals surface area contributed by atoms with Crippen molar-refractivity contribution in [2.45, 2.75) is 19.0 Å². The molecule has 0 aliphatic rings. The fraction of sp³-hybridized carbons (Fsp3) is 0.135. The highest BCUT2D eigenvalue weighted by molar-refractivity contribution is 6.02. The summed E-state index contributed by atoms with van der Waals surface area (Å²) in [5, 5.41) is 14.1. The van der Waals surface area contributed by atoms with Crippen molar-refractivity contribution in [3.8, 4) is 17.0 Å². The van der Waals surface area contributed by atoms with Gasteiger partial charge < -0.3 is 15.0 Å². The van der Waals surface area contributed by atoms with Crippen LogP contribution >= 0.6 is 0 Å². The molecule has 0 bridgehead atoms. The predicted molar refractivity (Wildman–Crippen MR) is 176 cm³/mol. The number of anilines is 1. The maximum atomic E-state index is 13.8. The quantitative estimate of drug-likeness (QED) is 0.205. The first kappa shape index (κ1) is 29.3. The van der Waals surface area contributed by atoms with E-state index in [-0.39, 0.29) is 11.8 Å². The Bertz CT molecular complexity index is 1930. The van der Waals surface area contributed by atoms with Crippen LogP contribution in [-0.4, -0.2) is 47.0 Å². The van der Waals surface area contributed by atoms with Crippen LogP contribution in [0.1, 0.15) is 21.5 Å². The van der Waals surface area contributed by atoms with Crippen LogP contribution in [0.3, 0.4) is 0 Å². The monoisotopic (exact) mass is 595 g/mol. The summed E-state index contributed by atoms with van der Waals surface area (Å²) < 4.78 is 7.05. The molecule has 2 amide bonds. The molecule has 1 atom stereocenters. The molecule has 1 heterocycles. The zero-order chi connectivity index (χ0) is 31.2. The topological polar surface area (TPSA) is 89.4 Å². The number of benzene rings is 5. The minimum Gasteiger partial charge on any atom is -0.497 e. The van der Waals surface area contributed by atoms with Crippen LogP contribution in [0.15, 0.2) is 128 Å². The van der Waals surface area contributed by atoms with Gasteiger partial charge in [0.15, 0.2) is 0 Å². The molecule has 1 aromatic heterocycles. The van der Waals surface area contributed by atoms with Crippen molar-refractivity contribution < 1.29 is 14.3 Å². The average molecular weight is 596 g/mol. The van der Waals surface area contributed by atoms with E-state index in [2.05, 4.69) is 39.9 Å². The third-order valence-electron chi connectivity index (χ3n) is 7.85. The van der Waals surface area contributed by atoms with Crippen molar-refractivity contribution in [1.82, 2.24) is 20.3 Å². The Kier molecular flexibility index (Phi) is 8.64. The van der Waals surface area contributed by atoms with Crippen molar-refractivity contribution in [1.29, 1.82) is 0 Å². The first-order chi connectivity index (χ1) is 22.0. The SMILES string of the molecule is COc1ccc(N(C)C(=O)[C@H](Cc2ccccc2)NC(=O)c2cccc(-c3cn(Cc4cccc5ccccc45)nn3)c2)cc1. The molecule has 6 aromatic rings. The number of fused-ring (bicyclic) bond motifs is 1. The second kappa shape index (κ2) is 13.3. The van der Waals surface area contributed by atoms with Gasteiger partial charge in [-0.05, 0) is 58.3 Å². The van der Waals surface area contributed by atoms with Crippen LogP contribution in [-0.2, 0) is 17.8 Å². The van der Waals surface area contributed by atoms with E-state index < -0.39 is 6.04 Å². The van der Waals surface area contributed by atoms with Gasteiger partial charge in [-0.2, -0.15) is 0 Å². The largest absolute Gasteiger partial charge is 0.497 e. The molecule has 224 valence electrons. The lowest BCUT2D eigenvalue weighted by molar-refractivity contribution is -0.120. The molecule has 0 saturated heterocycles. The molecule has 0 unspecified atom stereocenters. The highest BCUT2D eigenvalue weighted by atomic mass is 16.5. The van der Waals surface area contributed by atoms with Crippen molar-refractivity contribution in [3.05, 3.63) is 144 Å². The molecule has 6 rings (SSSR count). The van der Waals surface area contributed by atoms with E-state index in [4.69, 9.17) is 4.74 Å². The number of amides is 2. The first-order valence-electron chi connectivity index (χ1n) is 14.7. The third kappa shape index (κ3) is 6.75. The van der Waals surface area contributed by atoms with Gasteiger partial charge in [0.1, 0.15) is 17.5 Å². The molecular formula is C37H33N5O3. The van der Waals surface area contributed by atoms with Crippen molar-refractivity contribution in [2.24, 2.45) is 0 Å². The molecule has 0 radical (unpaired) electrons. The Morgan fingerprint density at radius 1 is 0.867 bits per heavy atom. The fourth-order valence-electron chi connectivity index (χ4n) is 5.39. The van der Waals surface area contributed by atoms with Crippen LogP contribution in [0.25, 0.3) is 22.0 Å². The number of ether oxygens (including phenoxy) is 1. The number of rotatable bonds is 10. The molecule has 5 aromatic carbocycles. The molecule has 8 nitrogen and oxygen atoms in total. The molecule has 1 N–H and O–H groups in total. The zero-order valence-corrected chi connectivity index (χ0v) is 25.1. The lowest BCUT2D eigenvalue weighted by Gasteiger charge is -2.25. The van der Waals surface area contributed by atoms with Crippen LogP contribution < -0.4 is 15.0 Å². The maximum Gasteiger partial charge on any atom is 0.251 e. The van der Waals surface area contributed by atoms with Gasteiger partial charge in [0, 0.05) is 30.3 Å². The Hall–Kier alpha value is -5.76. The summed E-state index contributed by atoms with van der Waals surface area (Å²) in [6.45, 7) is 0.569. The zero-order valence-electron chi connectivity index (χ0n) is 25.1. The van der Waals surface area contributed by atoms with Crippen LogP contribution in [0.5, 0.6) is 5.75 Å². The first-order valence-corrected chi connectivity index (χ1v) is 14.7. The van der Waals surface area contributed by atoms with Crippen LogP contribution in [0.2, 0.25) is 0 Å². The molecule has 0 fully saturated rings. The smallest absolute Gasteiger partial charge is 0.251 e. The van der Waals surface area contributed by atoms with Gasteiger partial charge in [0.05, 0.1) is 19.9 Å². The number of carbonyl (C=O) groups excluding carboxylic acids is 2. The van der Waals surface area contributed by atoms with E-state index in [0.717, 1.165) is 16.7 Å². The maximum absolute atomic E-state index is 13.8. The number of carbonyl (C=O) groups is 2. The van der Waals surface area contributed by atoms with E-state index in [1.165, 1.54) is 10.8 Å². The fourth-order valence-corrected chi connectivity index (χ4v) is 5.39. The molecular weight excluding hydrogens is 562 g/mol. The number of aromatic nitrogens is 3. The minimum atomic E-state index is -0.794. The number of nitrogens with zero attached hydrogens (tertiary/aromatic N) is 4. The summed E-state index contributed by atoms with van der Waals surface area (Å²) in [7, 11) is 3.30. The summed E-state index contributed by atoms with van der Waals surface area (Å²) in [6.07, 6.45) is 2.22. The van der Waals surface area contributed by atoms with Crippen molar-refractivity contribution >= 4 is 28.3 Å². The molecule has 45 heavy (non-hydrogen) atoms. The second-order valence-electron chi connectivity index (χ2n) is 10.8. The average Bonchev–Trinajstić information content (AvgIpc) is 3.56. The lowest BCUT2D eigenvalue weighted by atomic mass is 10.0. The van der Waals surface area contributed by atoms with Gasteiger partial charge >= 0.3 is 0 Å². The summed E-state index contributed by atoms with van der Waals surface area (Å²) in [5.41, 5.74) is 4.62. The number of hydrogen-bond donors (Lipinski definition) is 1. The van der Waals surface area contributed by atoms with E-state index in [1.807, 2.05) is 79.0 Å². The van der Waals surface area contributed by atoms with Gasteiger partial charge in [-0.15, -0.1) is 5.10 Å². The van der Waals surface area contributed by atoms with Gasteiger partial charge in [-0.1, -0.05) is 90.1 Å². The molecule has 0 aliphatic carbocycles.